The monoisotopic (exact) mass is 1000 g/mol. The third kappa shape index (κ3) is 8.16. The van der Waals surface area contributed by atoms with E-state index in [1.807, 2.05) is 0 Å². The molecule has 5 aromatic heterocycles. The number of halogens is 12. The largest absolute Gasteiger partial charge is 0.455 e. The number of carbonyl (C=O) groups excluding carboxylic acids is 1. The number of sulfonamides is 1. The van der Waals surface area contributed by atoms with Gasteiger partial charge in [0.25, 0.3) is 17.9 Å². The Labute approximate surface area is 378 Å². The van der Waals surface area contributed by atoms with Gasteiger partial charge in [0.05, 0.1) is 45.0 Å². The third-order valence-corrected chi connectivity index (χ3v) is 12.2. The Morgan fingerprint density at radius 3 is 2.34 bits per heavy atom. The average Bonchev–Trinajstić information content (AvgIpc) is 3.43. The maximum atomic E-state index is 15.5. The van der Waals surface area contributed by atoms with Crippen molar-refractivity contribution in [2.75, 3.05) is 11.0 Å². The van der Waals surface area contributed by atoms with Crippen LogP contribution in [0.2, 0.25) is 5.02 Å². The number of aryl methyl sites for hydroxylation is 1. The van der Waals surface area contributed by atoms with E-state index < -0.39 is 118 Å². The van der Waals surface area contributed by atoms with Crippen LogP contribution in [-0.4, -0.2) is 76.6 Å². The number of nitrogens with zero attached hydrogens (tertiary/aromatic N) is 9. The molecule has 68 heavy (non-hydrogen) atoms. The number of hydrogen-bond acceptors (Lipinski definition) is 9. The number of pyridine rings is 1. The summed E-state index contributed by atoms with van der Waals surface area (Å²) in [5.74, 6) is -15.3. The number of fused-ring (bicyclic) bond motifs is 5. The van der Waals surface area contributed by atoms with Crippen molar-refractivity contribution in [2.45, 2.75) is 62.3 Å². The summed E-state index contributed by atoms with van der Waals surface area (Å²) < 4.78 is 185. The summed E-state index contributed by atoms with van der Waals surface area (Å²) >= 11 is 6.57. The zero-order valence-corrected chi connectivity index (χ0v) is 36.0. The van der Waals surface area contributed by atoms with Crippen LogP contribution in [0.15, 0.2) is 59.5 Å². The Balaban J connectivity index is 1.24. The second-order valence-corrected chi connectivity index (χ2v) is 18.4. The minimum Gasteiger partial charge on any atom is -0.344 e. The maximum absolute atomic E-state index is 15.5. The molecule has 1 fully saturated rings. The molecule has 0 aliphatic heterocycles. The molecule has 2 aliphatic carbocycles. The van der Waals surface area contributed by atoms with Crippen molar-refractivity contribution in [2.24, 2.45) is 13.0 Å². The molecule has 28 heteroatoms. The van der Waals surface area contributed by atoms with E-state index in [1.54, 1.807) is 0 Å². The second-order valence-electron chi connectivity index (χ2n) is 16.2. The zero-order valence-electron chi connectivity index (χ0n) is 34.4. The molecule has 0 spiro atoms. The van der Waals surface area contributed by atoms with Gasteiger partial charge in [0.1, 0.15) is 47.6 Å². The predicted molar refractivity (Wildman–Crippen MR) is 218 cm³/mol. The second kappa shape index (κ2) is 16.0. The first-order valence-electron chi connectivity index (χ1n) is 19.8. The molecule has 9 rings (SSSR count). The van der Waals surface area contributed by atoms with Crippen molar-refractivity contribution in [3.8, 4) is 17.1 Å². The van der Waals surface area contributed by atoms with Crippen LogP contribution in [0.4, 0.5) is 54.1 Å². The molecular formula is C40H29ClF11N11O4S. The highest BCUT2D eigenvalue weighted by Crippen LogP contribution is 2.68. The van der Waals surface area contributed by atoms with Gasteiger partial charge in [-0.1, -0.05) is 11.6 Å². The molecular weight excluding hydrogens is 975 g/mol. The van der Waals surface area contributed by atoms with E-state index in [0.717, 1.165) is 52.0 Å². The third-order valence-electron chi connectivity index (χ3n) is 11.3. The molecule has 5 heterocycles. The summed E-state index contributed by atoms with van der Waals surface area (Å²) in [5.41, 5.74) is -4.63. The van der Waals surface area contributed by atoms with E-state index in [4.69, 9.17) is 11.6 Å². The van der Waals surface area contributed by atoms with Gasteiger partial charge in [-0.2, -0.15) is 46.0 Å². The number of alkyl halides is 9. The summed E-state index contributed by atoms with van der Waals surface area (Å²) in [7, 11) is -2.67. The molecule has 1 saturated carbocycles. The van der Waals surface area contributed by atoms with Crippen molar-refractivity contribution in [1.82, 2.24) is 49.2 Å². The van der Waals surface area contributed by atoms with Gasteiger partial charge in [-0.05, 0) is 60.4 Å². The molecule has 0 radical (unpaired) electrons. The summed E-state index contributed by atoms with van der Waals surface area (Å²) in [4.78, 5) is 38.0. The minimum absolute atomic E-state index is 0.0479. The molecule has 2 N–H and O–H groups in total. The van der Waals surface area contributed by atoms with Crippen LogP contribution in [0.25, 0.3) is 39.0 Å². The van der Waals surface area contributed by atoms with Crippen LogP contribution in [0.1, 0.15) is 53.1 Å². The van der Waals surface area contributed by atoms with Crippen LogP contribution in [0.3, 0.4) is 0 Å². The number of benzene rings is 2. The topological polar surface area (TPSA) is 177 Å². The first-order chi connectivity index (χ1) is 31.7. The Hall–Kier alpha value is -6.64. The van der Waals surface area contributed by atoms with E-state index >= 15 is 8.78 Å². The number of anilines is 1. The number of amides is 1. The Morgan fingerprint density at radius 1 is 0.971 bits per heavy atom. The van der Waals surface area contributed by atoms with Gasteiger partial charge in [-0.15, -0.1) is 0 Å². The lowest BCUT2D eigenvalue weighted by Crippen LogP contribution is -2.40. The normalized spacial score (nSPS) is 17.2. The van der Waals surface area contributed by atoms with Gasteiger partial charge in [0.2, 0.25) is 15.9 Å². The number of rotatable bonds is 13. The smallest absolute Gasteiger partial charge is 0.344 e. The van der Waals surface area contributed by atoms with E-state index in [0.29, 0.717) is 15.4 Å². The highest BCUT2D eigenvalue weighted by atomic mass is 35.5. The SMILES string of the molecule is Cn1nc(NS(C)(=O)=O)c2c(Cl)ccc(-n3c([C@H](Cc4cc(F)cc(F)c4)NC(=O)Cn4nc(C(F)F)c5c4C(F)(F)[C@@H]4C[C@H]54)nc4nc(-c5ccn(CC(F)(F)C(F)(F)F)n5)ccc4c3=O)c21. The Morgan fingerprint density at radius 2 is 1.68 bits per heavy atom. The van der Waals surface area contributed by atoms with E-state index in [9.17, 15) is 57.5 Å². The standard InChI is InChI=1S/C40H29ClF11N11O4S/c1-60-31-26(6-4-22(41)29(31)35(58-60)59-68(2,66)67)63-36(55-34-19(37(63)65)3-5-23(54-34)24-7-8-61(56-24)15-38(46,47)40(50,51)52)25(11-16-9-17(42)12-18(43)10-16)53-27(64)14-62-32-28(30(57-62)33(44)45)20-13-21(20)39(32,48)49/h3-10,12,20-21,25,33H,11,13-15H2,1-2H3,(H,53,64)(H,58,59)/t20-,21+,25-/m0/s1. The van der Waals surface area contributed by atoms with Gasteiger partial charge in [-0.3, -0.25) is 32.9 Å². The van der Waals surface area contributed by atoms with Crippen LogP contribution in [0, 0.1) is 17.6 Å². The Kier molecular flexibility index (Phi) is 10.9. The average molecular weight is 1000 g/mol. The highest BCUT2D eigenvalue weighted by molar-refractivity contribution is 7.92. The van der Waals surface area contributed by atoms with Crippen molar-refractivity contribution in [3.63, 3.8) is 0 Å². The van der Waals surface area contributed by atoms with Crippen molar-refractivity contribution >= 4 is 55.3 Å². The van der Waals surface area contributed by atoms with E-state index in [1.165, 1.54) is 19.2 Å². The van der Waals surface area contributed by atoms with E-state index in [2.05, 4.69) is 35.3 Å². The molecule has 358 valence electrons. The fraction of sp³-hybridized carbons (Fsp3) is 0.325. The molecule has 7 aromatic rings. The van der Waals surface area contributed by atoms with Gasteiger partial charge in [-0.25, -0.2) is 35.9 Å². The summed E-state index contributed by atoms with van der Waals surface area (Å²) in [6, 6.07) is 6.33. The minimum atomic E-state index is -5.92. The quantitative estimate of drug-likeness (QED) is 0.111. The van der Waals surface area contributed by atoms with Crippen molar-refractivity contribution in [1.29, 1.82) is 0 Å². The van der Waals surface area contributed by atoms with Crippen LogP contribution >= 0.6 is 11.6 Å². The van der Waals surface area contributed by atoms with E-state index in [-0.39, 0.29) is 61.8 Å². The molecule has 0 bridgehead atoms. The predicted octanol–water partition coefficient (Wildman–Crippen LogP) is 7.47. The molecule has 1 amide bonds. The summed E-state index contributed by atoms with van der Waals surface area (Å²) in [6.07, 6.45) is -8.31. The molecule has 2 aromatic carbocycles. The number of aromatic nitrogens is 9. The molecule has 0 saturated heterocycles. The first-order valence-corrected chi connectivity index (χ1v) is 22.1. The number of carbonyl (C=O) groups is 1. The van der Waals surface area contributed by atoms with Crippen LogP contribution in [0.5, 0.6) is 0 Å². The lowest BCUT2D eigenvalue weighted by molar-refractivity contribution is -0.287. The molecule has 3 atom stereocenters. The van der Waals surface area contributed by atoms with Gasteiger partial charge >= 0.3 is 12.1 Å². The van der Waals surface area contributed by atoms with Crippen molar-refractivity contribution in [3.05, 3.63) is 110 Å². The lowest BCUT2D eigenvalue weighted by atomic mass is 10.0. The molecule has 0 unspecified atom stereocenters. The van der Waals surface area contributed by atoms with Crippen LogP contribution < -0.4 is 15.6 Å². The maximum Gasteiger partial charge on any atom is 0.455 e. The molecule has 2 aliphatic rings. The van der Waals surface area contributed by atoms with Gasteiger partial charge in [0, 0.05) is 37.2 Å². The van der Waals surface area contributed by atoms with Gasteiger partial charge in [0.15, 0.2) is 11.5 Å². The fourth-order valence-corrected chi connectivity index (χ4v) is 9.22. The molecule has 15 nitrogen and oxygen atoms in total. The Bertz CT molecular complexity index is 3390. The summed E-state index contributed by atoms with van der Waals surface area (Å²) in [5, 5.41) is 13.7. The van der Waals surface area contributed by atoms with Gasteiger partial charge < -0.3 is 5.32 Å². The lowest BCUT2D eigenvalue weighted by Gasteiger charge is -2.24. The highest BCUT2D eigenvalue weighted by Gasteiger charge is 2.67. The van der Waals surface area contributed by atoms with Crippen molar-refractivity contribution < 1.29 is 61.5 Å². The number of hydrogen-bond donors (Lipinski definition) is 2. The first kappa shape index (κ1) is 46.5. The zero-order chi connectivity index (χ0) is 49.2. The summed E-state index contributed by atoms with van der Waals surface area (Å²) in [6.45, 7) is -3.03. The fourth-order valence-electron chi connectivity index (χ4n) is 8.48. The van der Waals surface area contributed by atoms with Crippen LogP contribution in [-0.2, 0) is 47.3 Å². The number of nitrogens with one attached hydrogen (secondary N) is 2.